The summed E-state index contributed by atoms with van der Waals surface area (Å²) in [6.07, 6.45) is 1.07. The second-order valence-electron chi connectivity index (χ2n) is 5.93. The Morgan fingerprint density at radius 3 is 2.64 bits per heavy atom. The Bertz CT molecular complexity index is 722. The standard InChI is InChI=1S/C19H24N2O4/c1-4-15(21-25-5-2)19-17(23)10-13(11-18(19)24)14-8-6-7-9-16(14)20-12(3)22/h6-9,13,23H,4-5,10-11H2,1-3H3,(H,20,22). The molecule has 0 radical (unpaired) electrons. The van der Waals surface area contributed by atoms with Crippen LogP contribution in [0.15, 0.2) is 40.8 Å². The molecule has 25 heavy (non-hydrogen) atoms. The van der Waals surface area contributed by atoms with Crippen molar-refractivity contribution in [3.63, 3.8) is 0 Å². The molecule has 0 saturated carbocycles. The Hall–Kier alpha value is -2.63. The summed E-state index contributed by atoms with van der Waals surface area (Å²) in [6, 6.07) is 7.35. The van der Waals surface area contributed by atoms with E-state index in [4.69, 9.17) is 4.84 Å². The van der Waals surface area contributed by atoms with Gasteiger partial charge >= 0.3 is 0 Å². The van der Waals surface area contributed by atoms with E-state index in [9.17, 15) is 14.7 Å². The largest absolute Gasteiger partial charge is 0.511 e. The SMILES string of the molecule is CCON=C(CC)C1=C(O)CC(c2ccccc2NC(C)=O)CC1=O. The number of nitrogens with zero attached hydrogens (tertiary/aromatic N) is 1. The van der Waals surface area contributed by atoms with Crippen molar-refractivity contribution in [1.82, 2.24) is 0 Å². The van der Waals surface area contributed by atoms with Gasteiger partial charge in [-0.15, -0.1) is 0 Å². The Balaban J connectivity index is 2.33. The normalized spacial score (nSPS) is 18.3. The van der Waals surface area contributed by atoms with Crippen LogP contribution in [0.5, 0.6) is 0 Å². The van der Waals surface area contributed by atoms with Crippen LogP contribution in [0.4, 0.5) is 5.69 Å². The first-order valence-electron chi connectivity index (χ1n) is 8.48. The summed E-state index contributed by atoms with van der Waals surface area (Å²) in [5.74, 6) is -0.498. The lowest BCUT2D eigenvalue weighted by molar-refractivity contribution is -0.116. The van der Waals surface area contributed by atoms with Gasteiger partial charge in [-0.25, -0.2) is 0 Å². The van der Waals surface area contributed by atoms with Gasteiger partial charge in [-0.1, -0.05) is 30.3 Å². The highest BCUT2D eigenvalue weighted by molar-refractivity contribution is 6.23. The molecule has 2 rings (SSSR count). The molecular formula is C19H24N2O4. The molecule has 1 amide bonds. The molecule has 1 unspecified atom stereocenters. The molecule has 1 aliphatic carbocycles. The highest BCUT2D eigenvalue weighted by Crippen LogP contribution is 2.37. The van der Waals surface area contributed by atoms with E-state index >= 15 is 0 Å². The summed E-state index contributed by atoms with van der Waals surface area (Å²) in [5.41, 5.74) is 2.25. The third-order valence-corrected chi connectivity index (χ3v) is 4.08. The van der Waals surface area contributed by atoms with Gasteiger partial charge in [0.05, 0.1) is 11.3 Å². The number of hydrogen-bond acceptors (Lipinski definition) is 5. The van der Waals surface area contributed by atoms with Crippen LogP contribution in [0, 0.1) is 0 Å². The van der Waals surface area contributed by atoms with E-state index in [2.05, 4.69) is 10.5 Å². The molecule has 0 saturated heterocycles. The average molecular weight is 344 g/mol. The summed E-state index contributed by atoms with van der Waals surface area (Å²) in [6.45, 7) is 5.51. The molecule has 0 heterocycles. The van der Waals surface area contributed by atoms with Crippen LogP contribution in [0.1, 0.15) is 51.5 Å². The molecule has 0 aliphatic heterocycles. The van der Waals surface area contributed by atoms with Crippen molar-refractivity contribution in [2.24, 2.45) is 5.16 Å². The van der Waals surface area contributed by atoms with E-state index < -0.39 is 0 Å². The van der Waals surface area contributed by atoms with E-state index in [1.165, 1.54) is 6.92 Å². The molecule has 0 bridgehead atoms. The van der Waals surface area contributed by atoms with Gasteiger partial charge in [0.1, 0.15) is 12.4 Å². The van der Waals surface area contributed by atoms with Crippen molar-refractivity contribution < 1.29 is 19.5 Å². The zero-order chi connectivity index (χ0) is 18.4. The fraction of sp³-hybridized carbons (Fsp3) is 0.421. The molecule has 0 fully saturated rings. The number of aliphatic hydroxyl groups excluding tert-OH is 1. The van der Waals surface area contributed by atoms with Gasteiger partial charge in [-0.2, -0.15) is 0 Å². The summed E-state index contributed by atoms with van der Waals surface area (Å²) in [4.78, 5) is 29.1. The fourth-order valence-electron chi connectivity index (χ4n) is 3.03. The van der Waals surface area contributed by atoms with Gasteiger partial charge < -0.3 is 15.3 Å². The number of allylic oxidation sites excluding steroid dienone is 2. The van der Waals surface area contributed by atoms with Crippen LogP contribution in [-0.4, -0.2) is 29.1 Å². The maximum absolute atomic E-state index is 12.6. The monoisotopic (exact) mass is 344 g/mol. The van der Waals surface area contributed by atoms with Crippen LogP contribution in [-0.2, 0) is 14.4 Å². The number of rotatable bonds is 6. The van der Waals surface area contributed by atoms with Crippen LogP contribution >= 0.6 is 0 Å². The van der Waals surface area contributed by atoms with Crippen molar-refractivity contribution in [3.8, 4) is 0 Å². The molecule has 1 aromatic carbocycles. The predicted molar refractivity (Wildman–Crippen MR) is 96.7 cm³/mol. The Morgan fingerprint density at radius 2 is 2.04 bits per heavy atom. The third-order valence-electron chi connectivity index (χ3n) is 4.08. The number of hydrogen-bond donors (Lipinski definition) is 2. The smallest absolute Gasteiger partial charge is 0.221 e. The number of aliphatic hydroxyl groups is 1. The summed E-state index contributed by atoms with van der Waals surface area (Å²) in [5, 5.41) is 17.2. The van der Waals surface area contributed by atoms with Crippen LogP contribution < -0.4 is 5.32 Å². The molecule has 134 valence electrons. The second-order valence-corrected chi connectivity index (χ2v) is 5.93. The minimum Gasteiger partial charge on any atom is -0.511 e. The van der Waals surface area contributed by atoms with Gasteiger partial charge in [0, 0.05) is 31.4 Å². The molecule has 6 heteroatoms. The zero-order valence-corrected chi connectivity index (χ0v) is 14.8. The van der Waals surface area contributed by atoms with Crippen molar-refractivity contribution in [1.29, 1.82) is 0 Å². The number of amides is 1. The van der Waals surface area contributed by atoms with Gasteiger partial charge in [0.15, 0.2) is 5.78 Å². The van der Waals surface area contributed by atoms with Crippen molar-refractivity contribution in [2.45, 2.75) is 46.0 Å². The lowest BCUT2D eigenvalue weighted by atomic mass is 9.80. The number of nitrogens with one attached hydrogen (secondary N) is 1. The summed E-state index contributed by atoms with van der Waals surface area (Å²) >= 11 is 0. The van der Waals surface area contributed by atoms with Gasteiger partial charge in [-0.05, 0) is 25.0 Å². The number of ketones is 1. The van der Waals surface area contributed by atoms with Gasteiger partial charge in [-0.3, -0.25) is 9.59 Å². The maximum atomic E-state index is 12.6. The third kappa shape index (κ3) is 4.47. The van der Waals surface area contributed by atoms with Gasteiger partial charge in [0.25, 0.3) is 0 Å². The molecular weight excluding hydrogens is 320 g/mol. The predicted octanol–water partition coefficient (Wildman–Crippen LogP) is 3.71. The maximum Gasteiger partial charge on any atom is 0.221 e. The number of carbonyl (C=O) groups is 2. The van der Waals surface area contributed by atoms with E-state index in [1.54, 1.807) is 6.07 Å². The van der Waals surface area contributed by atoms with E-state index in [0.717, 1.165) is 5.56 Å². The molecule has 1 aliphatic rings. The van der Waals surface area contributed by atoms with Crippen molar-refractivity contribution >= 4 is 23.1 Å². The average Bonchev–Trinajstić information content (AvgIpc) is 2.57. The first-order valence-corrected chi connectivity index (χ1v) is 8.48. The van der Waals surface area contributed by atoms with Crippen molar-refractivity contribution in [2.75, 3.05) is 11.9 Å². The lowest BCUT2D eigenvalue weighted by Crippen LogP contribution is -2.24. The topological polar surface area (TPSA) is 88.0 Å². The number of benzene rings is 1. The minimum atomic E-state index is -0.190. The number of Topliss-reactive ketones (excluding diaryl/α,β-unsaturated/α-hetero) is 1. The number of anilines is 1. The molecule has 1 atom stereocenters. The Kier molecular flexibility index (Phi) is 6.33. The Morgan fingerprint density at radius 1 is 1.32 bits per heavy atom. The first-order chi connectivity index (χ1) is 12.0. The van der Waals surface area contributed by atoms with Gasteiger partial charge in [0.2, 0.25) is 5.91 Å². The minimum absolute atomic E-state index is 0.0270. The van der Waals surface area contributed by atoms with Crippen LogP contribution in [0.3, 0.4) is 0 Å². The van der Waals surface area contributed by atoms with Crippen LogP contribution in [0.2, 0.25) is 0 Å². The van der Waals surface area contributed by atoms with E-state index in [0.29, 0.717) is 30.8 Å². The number of para-hydroxylation sites is 1. The van der Waals surface area contributed by atoms with E-state index in [-0.39, 0.29) is 35.4 Å². The summed E-state index contributed by atoms with van der Waals surface area (Å²) in [7, 11) is 0. The molecule has 2 N–H and O–H groups in total. The highest BCUT2D eigenvalue weighted by atomic mass is 16.6. The summed E-state index contributed by atoms with van der Waals surface area (Å²) < 4.78 is 0. The van der Waals surface area contributed by atoms with E-state index in [1.807, 2.05) is 32.0 Å². The second kappa shape index (κ2) is 8.46. The zero-order valence-electron chi connectivity index (χ0n) is 14.8. The van der Waals surface area contributed by atoms with Crippen molar-refractivity contribution in [3.05, 3.63) is 41.2 Å². The molecule has 0 spiro atoms. The molecule has 0 aromatic heterocycles. The number of oxime groups is 1. The molecule has 6 nitrogen and oxygen atoms in total. The number of carbonyl (C=O) groups excluding carboxylic acids is 2. The highest BCUT2D eigenvalue weighted by Gasteiger charge is 2.32. The fourth-order valence-corrected chi connectivity index (χ4v) is 3.03. The lowest BCUT2D eigenvalue weighted by Gasteiger charge is -2.25. The Labute approximate surface area is 147 Å². The first kappa shape index (κ1) is 18.7. The quantitative estimate of drug-likeness (QED) is 0.608. The van der Waals surface area contributed by atoms with Crippen LogP contribution in [0.25, 0.3) is 0 Å². The molecule has 1 aromatic rings.